The van der Waals surface area contributed by atoms with Crippen molar-refractivity contribution in [3.8, 4) is 0 Å². The number of ether oxygens (including phenoxy) is 1. The van der Waals surface area contributed by atoms with Gasteiger partial charge >= 0.3 is 0 Å². The molecule has 1 saturated heterocycles. The van der Waals surface area contributed by atoms with Gasteiger partial charge < -0.3 is 9.64 Å². The van der Waals surface area contributed by atoms with Crippen LogP contribution in [0.5, 0.6) is 0 Å². The van der Waals surface area contributed by atoms with E-state index in [9.17, 15) is 4.79 Å². The van der Waals surface area contributed by atoms with Gasteiger partial charge in [-0.15, -0.1) is 10.2 Å². The lowest BCUT2D eigenvalue weighted by molar-refractivity contribution is -0.127. The molecule has 1 aromatic heterocycles. The van der Waals surface area contributed by atoms with E-state index in [1.54, 1.807) is 4.90 Å². The fourth-order valence-electron chi connectivity index (χ4n) is 2.07. The molecule has 2 rings (SSSR count). The fraction of sp³-hybridized carbons (Fsp3) is 0.769. The Bertz CT molecular complexity index is 433. The Morgan fingerprint density at radius 3 is 3.00 bits per heavy atom. The second-order valence-electron chi connectivity index (χ2n) is 4.97. The standard InChI is InChI=1S/C13H21N3O2S2/c1-10-14-15-13(20-10)19-9-12(17)16(2)7-6-11-5-3-4-8-18-11/h11H,3-9H2,1-2H3. The molecular weight excluding hydrogens is 294 g/mol. The van der Waals surface area contributed by atoms with E-state index in [0.717, 1.165) is 35.3 Å². The molecule has 1 unspecified atom stereocenters. The largest absolute Gasteiger partial charge is 0.378 e. The van der Waals surface area contributed by atoms with Crippen molar-refractivity contribution in [2.45, 2.75) is 43.1 Å². The van der Waals surface area contributed by atoms with Crippen LogP contribution < -0.4 is 0 Å². The van der Waals surface area contributed by atoms with Gasteiger partial charge in [0, 0.05) is 20.2 Å². The Balaban J connectivity index is 1.66. The average Bonchev–Trinajstić information content (AvgIpc) is 2.89. The number of carbonyl (C=O) groups is 1. The van der Waals surface area contributed by atoms with E-state index in [1.807, 2.05) is 14.0 Å². The number of nitrogens with zero attached hydrogens (tertiary/aromatic N) is 3. The van der Waals surface area contributed by atoms with Gasteiger partial charge in [-0.2, -0.15) is 0 Å². The minimum atomic E-state index is 0.138. The van der Waals surface area contributed by atoms with Crippen LogP contribution in [0, 0.1) is 6.92 Å². The van der Waals surface area contributed by atoms with Crippen LogP contribution in [0.1, 0.15) is 30.7 Å². The first-order chi connectivity index (χ1) is 9.65. The van der Waals surface area contributed by atoms with E-state index in [2.05, 4.69) is 10.2 Å². The molecule has 0 radical (unpaired) electrons. The molecule has 1 amide bonds. The number of rotatable bonds is 6. The quantitative estimate of drug-likeness (QED) is 0.754. The summed E-state index contributed by atoms with van der Waals surface area (Å²) in [6.45, 7) is 3.55. The van der Waals surface area contributed by atoms with Gasteiger partial charge in [0.15, 0.2) is 4.34 Å². The zero-order valence-corrected chi connectivity index (χ0v) is 13.6. The molecule has 0 saturated carbocycles. The first kappa shape index (κ1) is 15.7. The summed E-state index contributed by atoms with van der Waals surface area (Å²) in [5.41, 5.74) is 0. The predicted molar refractivity (Wildman–Crippen MR) is 81.2 cm³/mol. The third-order valence-electron chi connectivity index (χ3n) is 3.31. The summed E-state index contributed by atoms with van der Waals surface area (Å²) < 4.78 is 6.54. The topological polar surface area (TPSA) is 55.3 Å². The monoisotopic (exact) mass is 315 g/mol. The van der Waals surface area contributed by atoms with Gasteiger partial charge in [0.25, 0.3) is 0 Å². The highest BCUT2D eigenvalue weighted by Crippen LogP contribution is 2.22. The highest BCUT2D eigenvalue weighted by molar-refractivity contribution is 8.01. The highest BCUT2D eigenvalue weighted by Gasteiger charge is 2.16. The van der Waals surface area contributed by atoms with Crippen LogP contribution in [0.15, 0.2) is 4.34 Å². The minimum absolute atomic E-state index is 0.138. The van der Waals surface area contributed by atoms with Crippen molar-refractivity contribution in [1.29, 1.82) is 0 Å². The Morgan fingerprint density at radius 2 is 2.35 bits per heavy atom. The van der Waals surface area contributed by atoms with Crippen molar-refractivity contribution in [3.05, 3.63) is 5.01 Å². The first-order valence-electron chi connectivity index (χ1n) is 6.93. The number of carbonyl (C=O) groups excluding carboxylic acids is 1. The van der Waals surface area contributed by atoms with Crippen LogP contribution in [0.25, 0.3) is 0 Å². The van der Waals surface area contributed by atoms with E-state index in [0.29, 0.717) is 11.9 Å². The third-order valence-corrected chi connectivity index (χ3v) is 5.27. The zero-order chi connectivity index (χ0) is 14.4. The summed E-state index contributed by atoms with van der Waals surface area (Å²) >= 11 is 2.99. The lowest BCUT2D eigenvalue weighted by atomic mass is 10.1. The van der Waals surface area contributed by atoms with Crippen LogP contribution in [-0.4, -0.2) is 53.1 Å². The molecule has 1 aromatic rings. The number of hydrogen-bond donors (Lipinski definition) is 0. The molecule has 0 spiro atoms. The second kappa shape index (κ2) is 7.95. The van der Waals surface area contributed by atoms with Crippen molar-refractivity contribution in [2.24, 2.45) is 0 Å². The summed E-state index contributed by atoms with van der Waals surface area (Å²) in [4.78, 5) is 13.8. The van der Waals surface area contributed by atoms with Gasteiger partial charge in [-0.25, -0.2) is 0 Å². The van der Waals surface area contributed by atoms with Crippen molar-refractivity contribution in [1.82, 2.24) is 15.1 Å². The van der Waals surface area contributed by atoms with Crippen molar-refractivity contribution in [3.63, 3.8) is 0 Å². The van der Waals surface area contributed by atoms with Gasteiger partial charge in [0.2, 0.25) is 5.91 Å². The fourth-order valence-corrected chi connectivity index (χ4v) is 3.82. The van der Waals surface area contributed by atoms with Crippen molar-refractivity contribution in [2.75, 3.05) is 26.0 Å². The Hall–Kier alpha value is -0.660. The van der Waals surface area contributed by atoms with Crippen molar-refractivity contribution < 1.29 is 9.53 Å². The third kappa shape index (κ3) is 5.03. The number of thioether (sulfide) groups is 1. The van der Waals surface area contributed by atoms with Gasteiger partial charge in [-0.05, 0) is 32.6 Å². The number of aryl methyl sites for hydroxylation is 1. The van der Waals surface area contributed by atoms with Crippen LogP contribution in [0.3, 0.4) is 0 Å². The van der Waals surface area contributed by atoms with Crippen LogP contribution >= 0.6 is 23.1 Å². The number of hydrogen-bond acceptors (Lipinski definition) is 6. The molecular formula is C13H21N3O2S2. The molecule has 7 heteroatoms. The van der Waals surface area contributed by atoms with Crippen LogP contribution in [0.4, 0.5) is 0 Å². The Morgan fingerprint density at radius 1 is 1.50 bits per heavy atom. The molecule has 0 bridgehead atoms. The lowest BCUT2D eigenvalue weighted by Crippen LogP contribution is -2.32. The van der Waals surface area contributed by atoms with E-state index in [-0.39, 0.29) is 5.91 Å². The molecule has 1 aliphatic rings. The zero-order valence-electron chi connectivity index (χ0n) is 12.0. The van der Waals surface area contributed by atoms with Gasteiger partial charge in [-0.1, -0.05) is 23.1 Å². The van der Waals surface area contributed by atoms with E-state index in [4.69, 9.17) is 4.74 Å². The number of amides is 1. The van der Waals surface area contributed by atoms with Gasteiger partial charge in [0.05, 0.1) is 11.9 Å². The molecule has 112 valence electrons. The summed E-state index contributed by atoms with van der Waals surface area (Å²) in [5, 5.41) is 8.88. The maximum atomic E-state index is 12.0. The maximum Gasteiger partial charge on any atom is 0.232 e. The molecule has 2 heterocycles. The summed E-state index contributed by atoms with van der Waals surface area (Å²) in [6.07, 6.45) is 4.81. The highest BCUT2D eigenvalue weighted by atomic mass is 32.2. The summed E-state index contributed by atoms with van der Waals surface area (Å²) in [5.74, 6) is 0.565. The van der Waals surface area contributed by atoms with E-state index in [1.165, 1.54) is 35.9 Å². The SMILES string of the molecule is Cc1nnc(SCC(=O)N(C)CCC2CCCCO2)s1. The smallest absolute Gasteiger partial charge is 0.232 e. The first-order valence-corrected chi connectivity index (χ1v) is 8.74. The second-order valence-corrected chi connectivity index (χ2v) is 7.37. The lowest BCUT2D eigenvalue weighted by Gasteiger charge is -2.25. The predicted octanol–water partition coefficient (Wildman–Crippen LogP) is 2.36. The Labute approximate surface area is 128 Å². The maximum absolute atomic E-state index is 12.0. The average molecular weight is 315 g/mol. The van der Waals surface area contributed by atoms with E-state index >= 15 is 0 Å². The van der Waals surface area contributed by atoms with Gasteiger partial charge in [0.1, 0.15) is 5.01 Å². The molecule has 0 aliphatic carbocycles. The summed E-state index contributed by atoms with van der Waals surface area (Å²) in [6, 6.07) is 0. The molecule has 0 aromatic carbocycles. The number of aromatic nitrogens is 2. The Kier molecular flexibility index (Phi) is 6.25. The molecule has 20 heavy (non-hydrogen) atoms. The molecule has 1 fully saturated rings. The van der Waals surface area contributed by atoms with Gasteiger partial charge in [-0.3, -0.25) is 4.79 Å². The normalized spacial score (nSPS) is 19.0. The molecule has 1 aliphatic heterocycles. The molecule has 1 atom stereocenters. The van der Waals surface area contributed by atoms with Crippen molar-refractivity contribution >= 4 is 29.0 Å². The van der Waals surface area contributed by atoms with Crippen LogP contribution in [0.2, 0.25) is 0 Å². The molecule has 0 N–H and O–H groups in total. The molecule has 5 nitrogen and oxygen atoms in total. The summed E-state index contributed by atoms with van der Waals surface area (Å²) in [7, 11) is 1.86. The van der Waals surface area contributed by atoms with Crippen LogP contribution in [-0.2, 0) is 9.53 Å². The minimum Gasteiger partial charge on any atom is -0.378 e. The van der Waals surface area contributed by atoms with E-state index < -0.39 is 0 Å².